The minimum absolute atomic E-state index is 0.124. The van der Waals surface area contributed by atoms with Crippen LogP contribution >= 0.6 is 0 Å². The fourth-order valence-electron chi connectivity index (χ4n) is 5.45. The van der Waals surface area contributed by atoms with Gasteiger partial charge in [-0.15, -0.1) is 0 Å². The van der Waals surface area contributed by atoms with Gasteiger partial charge in [0.15, 0.2) is 0 Å². The fraction of sp³-hybridized carbons (Fsp3) is 0.357. The third-order valence-electron chi connectivity index (χ3n) is 7.34. The van der Waals surface area contributed by atoms with Gasteiger partial charge >= 0.3 is 0 Å². The SMILES string of the molecule is CN(C)Cc1nc(Nc2cnc(-c3ccnc4c3ccn4C)c3c2C(=O)NC3)ccc1N1CCC(O)CC1. The van der Waals surface area contributed by atoms with Crippen LogP contribution in [0.4, 0.5) is 17.2 Å². The first kappa shape index (κ1) is 24.3. The zero-order chi connectivity index (χ0) is 26.4. The third kappa shape index (κ3) is 4.35. The van der Waals surface area contributed by atoms with E-state index in [0.29, 0.717) is 30.2 Å². The summed E-state index contributed by atoms with van der Waals surface area (Å²) in [5.41, 5.74) is 6.74. The quantitative estimate of drug-likeness (QED) is 0.362. The number of pyridine rings is 3. The number of rotatable bonds is 6. The summed E-state index contributed by atoms with van der Waals surface area (Å²) in [5.74, 6) is 0.537. The van der Waals surface area contributed by atoms with Crippen LogP contribution in [0.15, 0.2) is 42.9 Å². The van der Waals surface area contributed by atoms with E-state index in [1.807, 2.05) is 50.1 Å². The van der Waals surface area contributed by atoms with E-state index in [4.69, 9.17) is 9.97 Å². The first-order valence-electron chi connectivity index (χ1n) is 12.9. The third-order valence-corrected chi connectivity index (χ3v) is 7.34. The predicted molar refractivity (Wildman–Crippen MR) is 147 cm³/mol. The second kappa shape index (κ2) is 9.70. The highest BCUT2D eigenvalue weighted by atomic mass is 16.3. The number of aliphatic hydroxyl groups is 1. The number of hydrogen-bond donors (Lipinski definition) is 3. The van der Waals surface area contributed by atoms with Crippen molar-refractivity contribution in [2.75, 3.05) is 37.4 Å². The van der Waals surface area contributed by atoms with Crippen molar-refractivity contribution >= 4 is 34.1 Å². The molecule has 38 heavy (non-hydrogen) atoms. The Morgan fingerprint density at radius 1 is 1.16 bits per heavy atom. The molecule has 0 aromatic carbocycles. The molecule has 3 N–H and O–H groups in total. The highest BCUT2D eigenvalue weighted by Crippen LogP contribution is 2.36. The minimum atomic E-state index is -0.230. The molecule has 1 fully saturated rings. The van der Waals surface area contributed by atoms with Gasteiger partial charge in [0, 0.05) is 62.1 Å². The molecule has 10 nitrogen and oxygen atoms in total. The van der Waals surface area contributed by atoms with Crippen molar-refractivity contribution in [1.82, 2.24) is 29.7 Å². The highest BCUT2D eigenvalue weighted by Gasteiger charge is 2.28. The maximum Gasteiger partial charge on any atom is 0.254 e. The maximum absolute atomic E-state index is 13.0. The van der Waals surface area contributed by atoms with Gasteiger partial charge in [-0.3, -0.25) is 9.78 Å². The van der Waals surface area contributed by atoms with E-state index in [-0.39, 0.29) is 12.0 Å². The van der Waals surface area contributed by atoms with Crippen molar-refractivity contribution in [2.24, 2.45) is 7.05 Å². The lowest BCUT2D eigenvalue weighted by Gasteiger charge is -2.33. The molecule has 2 aliphatic rings. The van der Waals surface area contributed by atoms with Crippen LogP contribution in [0.2, 0.25) is 0 Å². The molecule has 0 unspecified atom stereocenters. The van der Waals surface area contributed by atoms with Crippen molar-refractivity contribution in [1.29, 1.82) is 0 Å². The minimum Gasteiger partial charge on any atom is -0.393 e. The zero-order valence-electron chi connectivity index (χ0n) is 21.9. The average Bonchev–Trinajstić information content (AvgIpc) is 3.48. The molecular weight excluding hydrogens is 480 g/mol. The number of amides is 1. The topological polar surface area (TPSA) is 111 Å². The van der Waals surface area contributed by atoms with E-state index in [9.17, 15) is 9.90 Å². The number of aliphatic hydroxyl groups excluding tert-OH is 1. The van der Waals surface area contributed by atoms with Crippen LogP contribution in [-0.2, 0) is 20.1 Å². The lowest BCUT2D eigenvalue weighted by Crippen LogP contribution is -2.36. The Bertz CT molecular complexity index is 1520. The molecule has 4 aromatic rings. The summed E-state index contributed by atoms with van der Waals surface area (Å²) in [7, 11) is 6.01. The maximum atomic E-state index is 13.0. The molecule has 0 aliphatic carbocycles. The molecule has 10 heteroatoms. The van der Waals surface area contributed by atoms with E-state index in [0.717, 1.165) is 65.2 Å². The number of nitrogens with zero attached hydrogens (tertiary/aromatic N) is 6. The monoisotopic (exact) mass is 512 g/mol. The van der Waals surface area contributed by atoms with Gasteiger partial charge in [-0.2, -0.15) is 0 Å². The van der Waals surface area contributed by atoms with Crippen LogP contribution in [0.5, 0.6) is 0 Å². The van der Waals surface area contributed by atoms with Crippen LogP contribution in [0.25, 0.3) is 22.3 Å². The van der Waals surface area contributed by atoms with E-state index in [2.05, 4.69) is 31.5 Å². The molecule has 1 amide bonds. The molecule has 6 rings (SSSR count). The van der Waals surface area contributed by atoms with Gasteiger partial charge in [0.25, 0.3) is 5.91 Å². The zero-order valence-corrected chi connectivity index (χ0v) is 21.9. The van der Waals surface area contributed by atoms with Crippen molar-refractivity contribution in [3.63, 3.8) is 0 Å². The lowest BCUT2D eigenvalue weighted by atomic mass is 10.0. The second-order valence-corrected chi connectivity index (χ2v) is 10.3. The Kier molecular flexibility index (Phi) is 6.21. The summed E-state index contributed by atoms with van der Waals surface area (Å²) in [5, 5.41) is 17.3. The number of carbonyl (C=O) groups excluding carboxylic acids is 1. The van der Waals surface area contributed by atoms with Gasteiger partial charge in [-0.1, -0.05) is 0 Å². The Hall–Kier alpha value is -4.02. The Morgan fingerprint density at radius 3 is 2.76 bits per heavy atom. The first-order chi connectivity index (χ1) is 18.4. The Labute approximate surface area is 221 Å². The molecule has 0 bridgehead atoms. The van der Waals surface area contributed by atoms with Crippen molar-refractivity contribution in [3.8, 4) is 11.3 Å². The van der Waals surface area contributed by atoms with Crippen molar-refractivity contribution < 1.29 is 9.90 Å². The smallest absolute Gasteiger partial charge is 0.254 e. The molecule has 0 radical (unpaired) electrons. The normalized spacial score (nSPS) is 15.8. The number of fused-ring (bicyclic) bond motifs is 2. The summed E-state index contributed by atoms with van der Waals surface area (Å²) in [6, 6.07) is 8.01. The number of piperidine rings is 1. The molecule has 0 spiro atoms. The fourth-order valence-corrected chi connectivity index (χ4v) is 5.45. The van der Waals surface area contributed by atoms with E-state index < -0.39 is 0 Å². The van der Waals surface area contributed by atoms with Gasteiger partial charge < -0.3 is 30.1 Å². The summed E-state index contributed by atoms with van der Waals surface area (Å²) < 4.78 is 1.98. The van der Waals surface area contributed by atoms with Crippen molar-refractivity contribution in [2.45, 2.75) is 32.0 Å². The number of anilines is 3. The molecule has 2 aliphatic heterocycles. The number of aromatic nitrogens is 4. The van der Waals surface area contributed by atoms with E-state index in [1.54, 1.807) is 12.4 Å². The van der Waals surface area contributed by atoms with Crippen molar-refractivity contribution in [3.05, 3.63) is 59.7 Å². The predicted octanol–water partition coefficient (Wildman–Crippen LogP) is 3.04. The average molecular weight is 513 g/mol. The number of hydrogen-bond acceptors (Lipinski definition) is 8. The molecule has 1 saturated heterocycles. The summed E-state index contributed by atoms with van der Waals surface area (Å²) in [6.45, 7) is 2.70. The number of aryl methyl sites for hydroxylation is 1. The van der Waals surface area contributed by atoms with Gasteiger partial charge in [0.1, 0.15) is 11.5 Å². The van der Waals surface area contributed by atoms with E-state index >= 15 is 0 Å². The summed E-state index contributed by atoms with van der Waals surface area (Å²) in [6.07, 6.45) is 6.77. The van der Waals surface area contributed by atoms with Crippen LogP contribution in [0.1, 0.15) is 34.5 Å². The van der Waals surface area contributed by atoms with Gasteiger partial charge in [-0.05, 0) is 51.2 Å². The first-order valence-corrected chi connectivity index (χ1v) is 12.9. The highest BCUT2D eigenvalue weighted by molar-refractivity contribution is 6.06. The molecule has 0 atom stereocenters. The molecule has 4 aromatic heterocycles. The Balaban J connectivity index is 1.36. The summed E-state index contributed by atoms with van der Waals surface area (Å²) in [4.78, 5) is 31.6. The van der Waals surface area contributed by atoms with Crippen LogP contribution < -0.4 is 15.5 Å². The number of carbonyl (C=O) groups is 1. The number of nitrogens with one attached hydrogen (secondary N) is 2. The molecule has 196 valence electrons. The molecule has 6 heterocycles. The van der Waals surface area contributed by atoms with Crippen LogP contribution in [0, 0.1) is 0 Å². The molecule has 0 saturated carbocycles. The van der Waals surface area contributed by atoms with Crippen LogP contribution in [-0.4, -0.2) is 68.7 Å². The molecular formula is C28H32N8O2. The largest absolute Gasteiger partial charge is 0.393 e. The van der Waals surface area contributed by atoms with Gasteiger partial charge in [0.05, 0.1) is 40.6 Å². The second-order valence-electron chi connectivity index (χ2n) is 10.3. The standard InChI is InChI=1S/C28H32N8O2/c1-34(2)16-22-23(36-12-7-17(37)8-13-36)4-5-24(33-22)32-21-15-30-26(20-14-31-28(38)25(20)21)18-6-10-29-27-19(18)9-11-35(27)3/h4-6,9-11,15,17,37H,7-8,12-14,16H2,1-3H3,(H,31,38)(H,32,33). The van der Waals surface area contributed by atoms with Gasteiger partial charge in [0.2, 0.25) is 0 Å². The summed E-state index contributed by atoms with van der Waals surface area (Å²) >= 11 is 0. The van der Waals surface area contributed by atoms with E-state index in [1.165, 1.54) is 0 Å². The van der Waals surface area contributed by atoms with Crippen LogP contribution in [0.3, 0.4) is 0 Å². The van der Waals surface area contributed by atoms with Gasteiger partial charge in [-0.25, -0.2) is 9.97 Å². The Morgan fingerprint density at radius 2 is 1.97 bits per heavy atom. The lowest BCUT2D eigenvalue weighted by molar-refractivity contribution is 0.0966.